The Hall–Kier alpha value is -1.10. The summed E-state index contributed by atoms with van der Waals surface area (Å²) in [4.78, 5) is 0. The van der Waals surface area contributed by atoms with Gasteiger partial charge in [0.15, 0.2) is 5.79 Å². The second kappa shape index (κ2) is 5.04. The minimum atomic E-state index is -0.653. The van der Waals surface area contributed by atoms with Crippen molar-refractivity contribution in [3.63, 3.8) is 0 Å². The molecule has 0 atom stereocenters. The van der Waals surface area contributed by atoms with Crippen molar-refractivity contribution in [2.45, 2.75) is 18.8 Å². The highest BCUT2D eigenvalue weighted by Crippen LogP contribution is 2.31. The number of likely N-dealkylation sites (N-methyl/N-ethyl adjacent to an activating group) is 1. The summed E-state index contributed by atoms with van der Waals surface area (Å²) in [5.41, 5.74) is 1.01. The molecule has 0 bridgehead atoms. The van der Waals surface area contributed by atoms with Crippen molar-refractivity contribution >= 4 is 0 Å². The number of benzene rings is 1. The largest absolute Gasteiger partial charge is 0.497 e. The third-order valence-electron chi connectivity index (χ3n) is 3.14. The third kappa shape index (κ3) is 2.60. The van der Waals surface area contributed by atoms with Crippen LogP contribution in [0.1, 0.15) is 12.5 Å². The summed E-state index contributed by atoms with van der Waals surface area (Å²) in [7, 11) is 3.56. The van der Waals surface area contributed by atoms with E-state index in [0.717, 1.165) is 11.3 Å². The number of ether oxygens (including phenoxy) is 3. The molecule has 0 spiro atoms. The minimum Gasteiger partial charge on any atom is -0.497 e. The predicted octanol–water partition coefficient (Wildman–Crippen LogP) is 1.50. The molecule has 1 heterocycles. The molecule has 0 radical (unpaired) electrons. The number of hydrogen-bond donors (Lipinski definition) is 1. The molecule has 1 N–H and O–H groups in total. The normalized spacial score (nSPS) is 29.0. The Bertz CT molecular complexity index is 355. The molecule has 1 aromatic carbocycles. The average molecular weight is 237 g/mol. The van der Waals surface area contributed by atoms with Crippen LogP contribution in [0.5, 0.6) is 5.75 Å². The SMILES string of the molecule is CNC1COC(C)(c2ccc(OC)cc2)OC1. The van der Waals surface area contributed by atoms with E-state index in [1.165, 1.54) is 0 Å². The lowest BCUT2D eigenvalue weighted by molar-refractivity contribution is -0.272. The Labute approximate surface area is 102 Å². The highest BCUT2D eigenvalue weighted by atomic mass is 16.7. The van der Waals surface area contributed by atoms with Gasteiger partial charge in [-0.25, -0.2) is 0 Å². The summed E-state index contributed by atoms with van der Waals surface area (Å²) < 4.78 is 16.7. The van der Waals surface area contributed by atoms with Crippen LogP contribution in [0.4, 0.5) is 0 Å². The van der Waals surface area contributed by atoms with E-state index in [-0.39, 0.29) is 6.04 Å². The van der Waals surface area contributed by atoms with E-state index in [1.54, 1.807) is 7.11 Å². The average Bonchev–Trinajstić information content (AvgIpc) is 2.40. The first-order chi connectivity index (χ1) is 8.18. The fraction of sp³-hybridized carbons (Fsp3) is 0.538. The molecule has 0 aliphatic carbocycles. The summed E-state index contributed by atoms with van der Waals surface area (Å²) in [5, 5.41) is 3.14. The van der Waals surface area contributed by atoms with Crippen molar-refractivity contribution < 1.29 is 14.2 Å². The second-order valence-electron chi connectivity index (χ2n) is 4.28. The molecule has 4 nitrogen and oxygen atoms in total. The first kappa shape index (κ1) is 12.4. The summed E-state index contributed by atoms with van der Waals surface area (Å²) in [6.45, 7) is 3.25. The van der Waals surface area contributed by atoms with Gasteiger partial charge in [0, 0.05) is 5.56 Å². The first-order valence-corrected chi connectivity index (χ1v) is 5.77. The van der Waals surface area contributed by atoms with Crippen molar-refractivity contribution in [1.82, 2.24) is 5.32 Å². The quantitative estimate of drug-likeness (QED) is 0.865. The van der Waals surface area contributed by atoms with Crippen molar-refractivity contribution in [2.24, 2.45) is 0 Å². The Balaban J connectivity index is 2.10. The van der Waals surface area contributed by atoms with Gasteiger partial charge in [-0.2, -0.15) is 0 Å². The van der Waals surface area contributed by atoms with Crippen molar-refractivity contribution in [1.29, 1.82) is 0 Å². The van der Waals surface area contributed by atoms with Crippen molar-refractivity contribution in [2.75, 3.05) is 27.4 Å². The number of hydrogen-bond acceptors (Lipinski definition) is 4. The van der Waals surface area contributed by atoms with Gasteiger partial charge in [0.05, 0.1) is 26.4 Å². The van der Waals surface area contributed by atoms with Gasteiger partial charge in [0.1, 0.15) is 5.75 Å². The van der Waals surface area contributed by atoms with E-state index in [0.29, 0.717) is 13.2 Å². The van der Waals surface area contributed by atoms with E-state index >= 15 is 0 Å². The number of nitrogens with one attached hydrogen (secondary N) is 1. The Morgan fingerprint density at radius 3 is 2.29 bits per heavy atom. The Kier molecular flexibility index (Phi) is 3.66. The molecule has 0 amide bonds. The smallest absolute Gasteiger partial charge is 0.192 e. The van der Waals surface area contributed by atoms with Crippen LogP contribution in [-0.4, -0.2) is 33.4 Å². The maximum absolute atomic E-state index is 5.80. The lowest BCUT2D eigenvalue weighted by Crippen LogP contribution is -2.47. The van der Waals surface area contributed by atoms with E-state index in [9.17, 15) is 0 Å². The summed E-state index contributed by atoms with van der Waals surface area (Å²) in [5.74, 6) is 0.181. The van der Waals surface area contributed by atoms with Crippen LogP contribution >= 0.6 is 0 Å². The van der Waals surface area contributed by atoms with Crippen LogP contribution in [0.25, 0.3) is 0 Å². The predicted molar refractivity (Wildman–Crippen MR) is 65.1 cm³/mol. The molecule has 94 valence electrons. The highest BCUT2D eigenvalue weighted by Gasteiger charge is 2.34. The van der Waals surface area contributed by atoms with Crippen LogP contribution in [-0.2, 0) is 15.3 Å². The molecule has 1 fully saturated rings. The third-order valence-corrected chi connectivity index (χ3v) is 3.14. The second-order valence-corrected chi connectivity index (χ2v) is 4.28. The van der Waals surface area contributed by atoms with Crippen LogP contribution in [0.15, 0.2) is 24.3 Å². The number of methoxy groups -OCH3 is 1. The van der Waals surface area contributed by atoms with Crippen LogP contribution < -0.4 is 10.1 Å². The van der Waals surface area contributed by atoms with E-state index in [2.05, 4.69) is 5.32 Å². The molecule has 1 aliphatic rings. The van der Waals surface area contributed by atoms with Crippen LogP contribution in [0.3, 0.4) is 0 Å². The molecular formula is C13H19NO3. The fourth-order valence-corrected chi connectivity index (χ4v) is 1.84. The summed E-state index contributed by atoms with van der Waals surface area (Å²) in [6, 6.07) is 8.03. The van der Waals surface area contributed by atoms with Gasteiger partial charge >= 0.3 is 0 Å². The van der Waals surface area contributed by atoms with Gasteiger partial charge in [-0.05, 0) is 38.2 Å². The lowest BCUT2D eigenvalue weighted by Gasteiger charge is -2.37. The molecule has 1 saturated heterocycles. The molecular weight excluding hydrogens is 218 g/mol. The van der Waals surface area contributed by atoms with Crippen LogP contribution in [0, 0.1) is 0 Å². The highest BCUT2D eigenvalue weighted by molar-refractivity contribution is 5.29. The van der Waals surface area contributed by atoms with Crippen LogP contribution in [0.2, 0.25) is 0 Å². The summed E-state index contributed by atoms with van der Waals surface area (Å²) in [6.07, 6.45) is 0. The van der Waals surface area contributed by atoms with E-state index in [4.69, 9.17) is 14.2 Å². The Morgan fingerprint density at radius 2 is 1.82 bits per heavy atom. The monoisotopic (exact) mass is 237 g/mol. The van der Waals surface area contributed by atoms with E-state index < -0.39 is 5.79 Å². The van der Waals surface area contributed by atoms with Gasteiger partial charge < -0.3 is 19.5 Å². The van der Waals surface area contributed by atoms with Crippen molar-refractivity contribution in [3.8, 4) is 5.75 Å². The zero-order valence-electron chi connectivity index (χ0n) is 10.5. The zero-order valence-corrected chi connectivity index (χ0v) is 10.5. The minimum absolute atomic E-state index is 0.265. The molecule has 4 heteroatoms. The molecule has 17 heavy (non-hydrogen) atoms. The maximum atomic E-state index is 5.80. The molecule has 0 saturated carbocycles. The van der Waals surface area contributed by atoms with E-state index in [1.807, 2.05) is 38.2 Å². The standard InChI is InChI=1S/C13H19NO3/c1-13(16-8-11(14-2)9-17-13)10-4-6-12(15-3)7-5-10/h4-7,11,14H,8-9H2,1-3H3. The molecule has 1 aromatic rings. The number of rotatable bonds is 3. The van der Waals surface area contributed by atoms with Gasteiger partial charge in [0.2, 0.25) is 0 Å². The Morgan fingerprint density at radius 1 is 1.24 bits per heavy atom. The maximum Gasteiger partial charge on any atom is 0.192 e. The lowest BCUT2D eigenvalue weighted by atomic mass is 10.1. The molecule has 2 rings (SSSR count). The van der Waals surface area contributed by atoms with Gasteiger partial charge in [0.25, 0.3) is 0 Å². The van der Waals surface area contributed by atoms with Gasteiger partial charge in [-0.15, -0.1) is 0 Å². The van der Waals surface area contributed by atoms with Gasteiger partial charge in [-0.1, -0.05) is 0 Å². The van der Waals surface area contributed by atoms with Gasteiger partial charge in [-0.3, -0.25) is 0 Å². The van der Waals surface area contributed by atoms with Crippen molar-refractivity contribution in [3.05, 3.63) is 29.8 Å². The fourth-order valence-electron chi connectivity index (χ4n) is 1.84. The molecule has 0 aromatic heterocycles. The topological polar surface area (TPSA) is 39.7 Å². The summed E-state index contributed by atoms with van der Waals surface area (Å²) >= 11 is 0. The molecule has 0 unspecified atom stereocenters. The zero-order chi connectivity index (χ0) is 12.3. The first-order valence-electron chi connectivity index (χ1n) is 5.77. The molecule has 1 aliphatic heterocycles.